The summed E-state index contributed by atoms with van der Waals surface area (Å²) in [6.45, 7) is 2.14. The van der Waals surface area contributed by atoms with E-state index in [1.54, 1.807) is 36.4 Å². The van der Waals surface area contributed by atoms with E-state index in [9.17, 15) is 9.90 Å². The Morgan fingerprint density at radius 3 is 2.83 bits per heavy atom. The molecule has 7 heteroatoms. The summed E-state index contributed by atoms with van der Waals surface area (Å²) in [5.41, 5.74) is 2.73. The highest BCUT2D eigenvalue weighted by atomic mass is 35.5. The summed E-state index contributed by atoms with van der Waals surface area (Å²) >= 11 is 5.92. The predicted octanol–water partition coefficient (Wildman–Crippen LogP) is 2.97. The number of nitrogens with zero attached hydrogens (tertiary/aromatic N) is 1. The lowest BCUT2D eigenvalue weighted by Gasteiger charge is -2.07. The van der Waals surface area contributed by atoms with Crippen molar-refractivity contribution in [1.82, 2.24) is 5.43 Å². The zero-order valence-corrected chi connectivity index (χ0v) is 13.8. The van der Waals surface area contributed by atoms with E-state index in [1.807, 2.05) is 6.92 Å². The van der Waals surface area contributed by atoms with Crippen LogP contribution in [-0.4, -0.2) is 30.4 Å². The van der Waals surface area contributed by atoms with Crippen molar-refractivity contribution in [3.05, 3.63) is 53.1 Å². The van der Waals surface area contributed by atoms with Gasteiger partial charge in [0.2, 0.25) is 0 Å². The quantitative estimate of drug-likeness (QED) is 0.595. The molecular formula is C17H17ClN2O4. The van der Waals surface area contributed by atoms with Gasteiger partial charge in [-0.1, -0.05) is 23.7 Å². The van der Waals surface area contributed by atoms with Crippen LogP contribution >= 0.6 is 11.6 Å². The molecule has 0 fully saturated rings. The number of hydrogen-bond acceptors (Lipinski definition) is 5. The number of rotatable bonds is 7. The first-order valence-corrected chi connectivity index (χ1v) is 7.63. The van der Waals surface area contributed by atoms with Crippen molar-refractivity contribution in [3.8, 4) is 17.2 Å². The normalized spacial score (nSPS) is 10.6. The van der Waals surface area contributed by atoms with Crippen LogP contribution in [0.4, 0.5) is 0 Å². The van der Waals surface area contributed by atoms with Gasteiger partial charge in [-0.05, 0) is 37.3 Å². The maximum atomic E-state index is 11.7. The van der Waals surface area contributed by atoms with Crippen LogP contribution in [0.1, 0.15) is 12.5 Å². The van der Waals surface area contributed by atoms with Gasteiger partial charge in [0.05, 0.1) is 17.8 Å². The first-order valence-electron chi connectivity index (χ1n) is 7.25. The molecule has 0 saturated heterocycles. The van der Waals surface area contributed by atoms with Gasteiger partial charge in [0, 0.05) is 5.56 Å². The first kappa shape index (κ1) is 17.6. The Bertz CT molecular complexity index is 734. The molecule has 0 saturated carbocycles. The summed E-state index contributed by atoms with van der Waals surface area (Å²) in [6, 6.07) is 11.6. The van der Waals surface area contributed by atoms with Gasteiger partial charge in [0.25, 0.3) is 5.91 Å². The summed E-state index contributed by atoms with van der Waals surface area (Å²) in [6.07, 6.45) is 1.32. The van der Waals surface area contributed by atoms with Crippen LogP contribution in [0.25, 0.3) is 0 Å². The summed E-state index contributed by atoms with van der Waals surface area (Å²) in [5.74, 6) is 0.598. The van der Waals surface area contributed by atoms with Gasteiger partial charge >= 0.3 is 0 Å². The van der Waals surface area contributed by atoms with Gasteiger partial charge < -0.3 is 14.6 Å². The van der Waals surface area contributed by atoms with Crippen molar-refractivity contribution in [3.63, 3.8) is 0 Å². The SMILES string of the molecule is CCOc1ccc(O)c(/C=N/NC(=O)COc2ccccc2Cl)c1. The van der Waals surface area contributed by atoms with E-state index in [0.29, 0.717) is 28.7 Å². The Morgan fingerprint density at radius 2 is 2.08 bits per heavy atom. The summed E-state index contributed by atoms with van der Waals surface area (Å²) in [7, 11) is 0. The number of hydrazone groups is 1. The molecule has 0 heterocycles. The third kappa shape index (κ3) is 5.17. The Kier molecular flexibility index (Phi) is 6.45. The largest absolute Gasteiger partial charge is 0.507 e. The summed E-state index contributed by atoms with van der Waals surface area (Å²) in [5, 5.41) is 14.0. The van der Waals surface area contributed by atoms with E-state index >= 15 is 0 Å². The average molecular weight is 349 g/mol. The Balaban J connectivity index is 1.88. The summed E-state index contributed by atoms with van der Waals surface area (Å²) < 4.78 is 10.6. The van der Waals surface area contributed by atoms with Crippen molar-refractivity contribution in [2.45, 2.75) is 6.92 Å². The van der Waals surface area contributed by atoms with Crippen molar-refractivity contribution >= 4 is 23.7 Å². The number of hydrogen-bond donors (Lipinski definition) is 2. The van der Waals surface area contributed by atoms with Gasteiger partial charge in [-0.15, -0.1) is 0 Å². The van der Waals surface area contributed by atoms with Crippen LogP contribution < -0.4 is 14.9 Å². The molecular weight excluding hydrogens is 332 g/mol. The number of nitrogens with one attached hydrogen (secondary N) is 1. The van der Waals surface area contributed by atoms with Crippen LogP contribution in [0.3, 0.4) is 0 Å². The fourth-order valence-electron chi connectivity index (χ4n) is 1.80. The molecule has 0 atom stereocenters. The molecule has 0 aliphatic rings. The number of phenols is 1. The number of benzene rings is 2. The number of ether oxygens (including phenoxy) is 2. The van der Waals surface area contributed by atoms with E-state index in [2.05, 4.69) is 10.5 Å². The molecule has 0 aliphatic heterocycles. The number of halogens is 1. The Hall–Kier alpha value is -2.73. The Labute approximate surface area is 144 Å². The van der Waals surface area contributed by atoms with Crippen molar-refractivity contribution in [2.75, 3.05) is 13.2 Å². The molecule has 1 amide bonds. The zero-order chi connectivity index (χ0) is 17.4. The number of carbonyl (C=O) groups excluding carboxylic acids is 1. The van der Waals surface area contributed by atoms with Gasteiger partial charge in [0.1, 0.15) is 17.2 Å². The maximum absolute atomic E-state index is 11.7. The van der Waals surface area contributed by atoms with Crippen LogP contribution in [0.5, 0.6) is 17.2 Å². The fourth-order valence-corrected chi connectivity index (χ4v) is 1.99. The average Bonchev–Trinajstić information content (AvgIpc) is 2.57. The van der Waals surface area contributed by atoms with Crippen LogP contribution in [0.15, 0.2) is 47.6 Å². The smallest absolute Gasteiger partial charge is 0.277 e. The summed E-state index contributed by atoms with van der Waals surface area (Å²) in [4.78, 5) is 11.7. The molecule has 0 spiro atoms. The minimum absolute atomic E-state index is 0.0313. The molecule has 2 rings (SSSR count). The molecule has 2 N–H and O–H groups in total. The number of para-hydroxylation sites is 1. The molecule has 0 radical (unpaired) electrons. The van der Waals surface area contributed by atoms with E-state index in [0.717, 1.165) is 0 Å². The molecule has 6 nitrogen and oxygen atoms in total. The fraction of sp³-hybridized carbons (Fsp3) is 0.176. The lowest BCUT2D eigenvalue weighted by molar-refractivity contribution is -0.123. The first-order chi connectivity index (χ1) is 11.6. The van der Waals surface area contributed by atoms with Gasteiger partial charge in [-0.3, -0.25) is 4.79 Å². The second-order valence-electron chi connectivity index (χ2n) is 4.67. The van der Waals surface area contributed by atoms with Crippen molar-refractivity contribution in [2.24, 2.45) is 5.10 Å². The molecule has 126 valence electrons. The molecule has 0 aromatic heterocycles. The maximum Gasteiger partial charge on any atom is 0.277 e. The standard InChI is InChI=1S/C17H17ClN2O4/c1-2-23-13-7-8-15(21)12(9-13)10-19-20-17(22)11-24-16-6-4-3-5-14(16)18/h3-10,21H,2,11H2,1H3,(H,20,22)/b19-10+. The van der Waals surface area contributed by atoms with E-state index in [4.69, 9.17) is 21.1 Å². The topological polar surface area (TPSA) is 80.2 Å². The molecule has 2 aromatic rings. The Morgan fingerprint density at radius 1 is 1.29 bits per heavy atom. The lowest BCUT2D eigenvalue weighted by Crippen LogP contribution is -2.24. The molecule has 2 aromatic carbocycles. The minimum Gasteiger partial charge on any atom is -0.507 e. The molecule has 0 unspecified atom stereocenters. The zero-order valence-electron chi connectivity index (χ0n) is 13.0. The predicted molar refractivity (Wildman–Crippen MR) is 92.0 cm³/mol. The third-order valence-corrected chi connectivity index (χ3v) is 3.21. The highest BCUT2D eigenvalue weighted by Gasteiger charge is 2.05. The lowest BCUT2D eigenvalue weighted by atomic mass is 10.2. The number of carbonyl (C=O) groups is 1. The molecule has 0 bridgehead atoms. The van der Waals surface area contributed by atoms with E-state index in [1.165, 1.54) is 12.3 Å². The highest BCUT2D eigenvalue weighted by molar-refractivity contribution is 6.32. The second kappa shape index (κ2) is 8.79. The van der Waals surface area contributed by atoms with Crippen LogP contribution in [-0.2, 0) is 4.79 Å². The van der Waals surface area contributed by atoms with E-state index < -0.39 is 5.91 Å². The third-order valence-electron chi connectivity index (χ3n) is 2.90. The van der Waals surface area contributed by atoms with E-state index in [-0.39, 0.29) is 12.4 Å². The van der Waals surface area contributed by atoms with Gasteiger partial charge in [0.15, 0.2) is 6.61 Å². The van der Waals surface area contributed by atoms with Crippen LogP contribution in [0.2, 0.25) is 5.02 Å². The van der Waals surface area contributed by atoms with Crippen LogP contribution in [0, 0.1) is 0 Å². The highest BCUT2D eigenvalue weighted by Crippen LogP contribution is 2.23. The molecule has 24 heavy (non-hydrogen) atoms. The monoisotopic (exact) mass is 348 g/mol. The second-order valence-corrected chi connectivity index (χ2v) is 5.07. The minimum atomic E-state index is -0.452. The number of phenolic OH excluding ortho intramolecular Hbond substituents is 1. The van der Waals surface area contributed by atoms with Crippen molar-refractivity contribution in [1.29, 1.82) is 0 Å². The molecule has 0 aliphatic carbocycles. The number of amides is 1. The van der Waals surface area contributed by atoms with Gasteiger partial charge in [-0.2, -0.15) is 5.10 Å². The number of aromatic hydroxyl groups is 1. The van der Waals surface area contributed by atoms with Crippen molar-refractivity contribution < 1.29 is 19.4 Å². The van der Waals surface area contributed by atoms with Gasteiger partial charge in [-0.25, -0.2) is 5.43 Å².